The van der Waals surface area contributed by atoms with Gasteiger partial charge < -0.3 is 23.7 Å². The van der Waals surface area contributed by atoms with Gasteiger partial charge >= 0.3 is 0 Å². The highest BCUT2D eigenvalue weighted by molar-refractivity contribution is 4.93. The molecule has 0 saturated carbocycles. The third-order valence-corrected chi connectivity index (χ3v) is 2.79. The Labute approximate surface area is 82.2 Å². The predicted molar refractivity (Wildman–Crippen MR) is 44.4 cm³/mol. The van der Waals surface area contributed by atoms with Crippen LogP contribution < -0.4 is 0 Å². The normalized spacial score (nSPS) is 57.0. The fourth-order valence-electron chi connectivity index (χ4n) is 2.18. The molecule has 14 heavy (non-hydrogen) atoms. The Morgan fingerprint density at radius 2 is 1.64 bits per heavy atom. The maximum Gasteiger partial charge on any atom is 0.190 e. The van der Waals surface area contributed by atoms with Crippen molar-refractivity contribution in [3.8, 4) is 0 Å². The zero-order valence-electron chi connectivity index (χ0n) is 8.21. The molecule has 3 aliphatic rings. The predicted octanol–water partition coefficient (Wildman–Crippen LogP) is 0.234. The minimum absolute atomic E-state index is 0.0475. The Hall–Kier alpha value is -0.200. The van der Waals surface area contributed by atoms with Crippen LogP contribution in [-0.2, 0) is 23.7 Å². The van der Waals surface area contributed by atoms with Gasteiger partial charge in [0.1, 0.15) is 18.3 Å². The van der Waals surface area contributed by atoms with Gasteiger partial charge in [0.05, 0.1) is 6.61 Å². The number of ether oxygens (including phenoxy) is 5. The molecular weight excluding hydrogens is 188 g/mol. The molecule has 3 aliphatic heterocycles. The van der Waals surface area contributed by atoms with E-state index in [1.165, 1.54) is 0 Å². The van der Waals surface area contributed by atoms with Crippen molar-refractivity contribution < 1.29 is 23.7 Å². The average molecular weight is 202 g/mol. The largest absolute Gasteiger partial charge is 0.350 e. The van der Waals surface area contributed by atoms with Crippen LogP contribution in [0.1, 0.15) is 13.8 Å². The van der Waals surface area contributed by atoms with E-state index in [0.29, 0.717) is 6.61 Å². The van der Waals surface area contributed by atoms with Crippen LogP contribution >= 0.6 is 0 Å². The van der Waals surface area contributed by atoms with Crippen LogP contribution in [0.4, 0.5) is 0 Å². The van der Waals surface area contributed by atoms with Crippen molar-refractivity contribution in [2.75, 3.05) is 6.61 Å². The SMILES string of the molecule is CC1OC[C@H]2O[C@@H]3OC(C)O[C@@H]3[C@H]2O1. The van der Waals surface area contributed by atoms with Crippen molar-refractivity contribution in [2.24, 2.45) is 0 Å². The third kappa shape index (κ3) is 1.28. The summed E-state index contributed by atoms with van der Waals surface area (Å²) in [4.78, 5) is 0. The van der Waals surface area contributed by atoms with Crippen molar-refractivity contribution in [3.05, 3.63) is 0 Å². The minimum atomic E-state index is -0.283. The molecule has 3 heterocycles. The molecule has 80 valence electrons. The number of hydrogen-bond donors (Lipinski definition) is 0. The molecule has 5 nitrogen and oxygen atoms in total. The Kier molecular flexibility index (Phi) is 2.04. The minimum Gasteiger partial charge on any atom is -0.350 e. The van der Waals surface area contributed by atoms with Gasteiger partial charge in [0.25, 0.3) is 0 Å². The van der Waals surface area contributed by atoms with Crippen LogP contribution in [0.25, 0.3) is 0 Å². The van der Waals surface area contributed by atoms with E-state index >= 15 is 0 Å². The van der Waals surface area contributed by atoms with Gasteiger partial charge in [-0.25, -0.2) is 0 Å². The topological polar surface area (TPSA) is 46.2 Å². The lowest BCUT2D eigenvalue weighted by molar-refractivity contribution is -0.261. The molecular formula is C9H14O5. The van der Waals surface area contributed by atoms with Gasteiger partial charge in [-0.15, -0.1) is 0 Å². The Morgan fingerprint density at radius 1 is 0.857 bits per heavy atom. The van der Waals surface area contributed by atoms with Crippen molar-refractivity contribution in [1.29, 1.82) is 0 Å². The van der Waals surface area contributed by atoms with Gasteiger partial charge in [0, 0.05) is 0 Å². The Morgan fingerprint density at radius 3 is 2.50 bits per heavy atom. The molecule has 3 saturated heterocycles. The van der Waals surface area contributed by atoms with E-state index in [0.717, 1.165) is 0 Å². The zero-order chi connectivity index (χ0) is 9.71. The molecule has 3 rings (SSSR count). The second-order valence-electron chi connectivity index (χ2n) is 3.85. The second-order valence-corrected chi connectivity index (χ2v) is 3.85. The summed E-state index contributed by atoms with van der Waals surface area (Å²) in [7, 11) is 0. The average Bonchev–Trinajstić information content (AvgIpc) is 2.62. The van der Waals surface area contributed by atoms with Crippen LogP contribution in [0.2, 0.25) is 0 Å². The van der Waals surface area contributed by atoms with Crippen LogP contribution in [0.5, 0.6) is 0 Å². The summed E-state index contributed by atoms with van der Waals surface area (Å²) in [6.45, 7) is 4.29. The van der Waals surface area contributed by atoms with Gasteiger partial charge in [-0.1, -0.05) is 0 Å². The van der Waals surface area contributed by atoms with Crippen LogP contribution in [0.15, 0.2) is 0 Å². The molecule has 6 atom stereocenters. The monoisotopic (exact) mass is 202 g/mol. The van der Waals surface area contributed by atoms with E-state index in [9.17, 15) is 0 Å². The highest BCUT2D eigenvalue weighted by Crippen LogP contribution is 2.36. The first-order valence-corrected chi connectivity index (χ1v) is 4.97. The molecule has 0 aromatic heterocycles. The molecule has 0 N–H and O–H groups in total. The van der Waals surface area contributed by atoms with E-state index in [4.69, 9.17) is 23.7 Å². The second kappa shape index (κ2) is 3.15. The first kappa shape index (κ1) is 9.06. The molecule has 2 unspecified atom stereocenters. The molecule has 0 spiro atoms. The molecule has 5 heteroatoms. The summed E-state index contributed by atoms with van der Waals surface area (Å²) in [5.41, 5.74) is 0. The number of fused-ring (bicyclic) bond motifs is 3. The summed E-state index contributed by atoms with van der Waals surface area (Å²) < 4.78 is 27.6. The van der Waals surface area contributed by atoms with E-state index in [-0.39, 0.29) is 37.2 Å². The van der Waals surface area contributed by atoms with Crippen LogP contribution in [-0.4, -0.2) is 43.8 Å². The highest BCUT2D eigenvalue weighted by Gasteiger charge is 2.54. The van der Waals surface area contributed by atoms with Gasteiger partial charge in [-0.3, -0.25) is 0 Å². The van der Waals surface area contributed by atoms with Gasteiger partial charge in [0.15, 0.2) is 18.9 Å². The fraction of sp³-hybridized carbons (Fsp3) is 1.00. The maximum absolute atomic E-state index is 5.62. The summed E-state index contributed by atoms with van der Waals surface area (Å²) in [6.07, 6.45) is -0.858. The Balaban J connectivity index is 1.75. The van der Waals surface area contributed by atoms with Gasteiger partial charge in [-0.2, -0.15) is 0 Å². The highest BCUT2D eigenvalue weighted by atomic mass is 16.8. The lowest BCUT2D eigenvalue weighted by Gasteiger charge is -2.31. The third-order valence-electron chi connectivity index (χ3n) is 2.79. The maximum atomic E-state index is 5.62. The van der Waals surface area contributed by atoms with Crippen molar-refractivity contribution in [1.82, 2.24) is 0 Å². The molecule has 0 bridgehead atoms. The van der Waals surface area contributed by atoms with E-state index in [2.05, 4.69) is 0 Å². The first-order valence-electron chi connectivity index (χ1n) is 4.97. The van der Waals surface area contributed by atoms with Gasteiger partial charge in [-0.05, 0) is 13.8 Å². The fourth-order valence-corrected chi connectivity index (χ4v) is 2.18. The molecule has 0 amide bonds. The smallest absolute Gasteiger partial charge is 0.190 e. The lowest BCUT2D eigenvalue weighted by atomic mass is 10.1. The molecule has 0 aromatic rings. The van der Waals surface area contributed by atoms with Crippen molar-refractivity contribution in [2.45, 2.75) is 51.0 Å². The van der Waals surface area contributed by atoms with Crippen LogP contribution in [0, 0.1) is 0 Å². The van der Waals surface area contributed by atoms with E-state index < -0.39 is 0 Å². The summed E-state index contributed by atoms with van der Waals surface area (Å²) in [5, 5.41) is 0. The zero-order valence-corrected chi connectivity index (χ0v) is 8.21. The molecule has 3 fully saturated rings. The molecule has 0 aromatic carbocycles. The molecule has 0 aliphatic carbocycles. The molecule has 0 radical (unpaired) electrons. The summed E-state index contributed by atoms with van der Waals surface area (Å²) in [5.74, 6) is 0. The van der Waals surface area contributed by atoms with Gasteiger partial charge in [0.2, 0.25) is 0 Å². The number of hydrogen-bond acceptors (Lipinski definition) is 5. The quantitative estimate of drug-likeness (QED) is 0.563. The van der Waals surface area contributed by atoms with E-state index in [1.54, 1.807) is 0 Å². The number of rotatable bonds is 0. The lowest BCUT2D eigenvalue weighted by Crippen LogP contribution is -2.45. The van der Waals surface area contributed by atoms with Crippen molar-refractivity contribution >= 4 is 0 Å². The van der Waals surface area contributed by atoms with Crippen molar-refractivity contribution in [3.63, 3.8) is 0 Å². The summed E-state index contributed by atoms with van der Waals surface area (Å²) >= 11 is 0. The first-order chi connectivity index (χ1) is 6.74. The van der Waals surface area contributed by atoms with Crippen LogP contribution in [0.3, 0.4) is 0 Å². The summed E-state index contributed by atoms with van der Waals surface area (Å²) in [6, 6.07) is 0. The van der Waals surface area contributed by atoms with E-state index in [1.807, 2.05) is 13.8 Å². The Bertz CT molecular complexity index is 233. The standard InChI is InChI=1S/C9H14O5/c1-4-10-3-6-7(11-4)8-9(14-6)13-5(2)12-8/h4-9H,3H2,1-2H3/t4?,5?,6-,7+,8-,9+/m1/s1.